The average Bonchev–Trinajstić information content (AvgIpc) is 3.30. The maximum atomic E-state index is 12.6. The summed E-state index contributed by atoms with van der Waals surface area (Å²) >= 11 is 1.66. The molecule has 0 saturated carbocycles. The van der Waals surface area contributed by atoms with Crippen molar-refractivity contribution >= 4 is 22.4 Å². The van der Waals surface area contributed by atoms with Gasteiger partial charge < -0.3 is 14.8 Å². The molecule has 0 spiro atoms. The maximum Gasteiger partial charge on any atom is 0.271 e. The number of aromatic nitrogens is 3. The minimum absolute atomic E-state index is 0.0682. The van der Waals surface area contributed by atoms with Crippen LogP contribution in [0.4, 0.5) is 5.13 Å². The van der Waals surface area contributed by atoms with Crippen LogP contribution in [-0.2, 0) is 13.0 Å². The van der Waals surface area contributed by atoms with Gasteiger partial charge in [0.25, 0.3) is 5.91 Å². The predicted octanol–water partition coefficient (Wildman–Crippen LogP) is 3.02. The fourth-order valence-electron chi connectivity index (χ4n) is 3.71. The van der Waals surface area contributed by atoms with Crippen LogP contribution in [0.2, 0.25) is 0 Å². The van der Waals surface area contributed by atoms with Gasteiger partial charge in [-0.1, -0.05) is 11.6 Å². The van der Waals surface area contributed by atoms with Gasteiger partial charge in [0.05, 0.1) is 0 Å². The molecule has 1 aliphatic carbocycles. The quantitative estimate of drug-likeness (QED) is 0.839. The minimum atomic E-state index is -0.0682. The normalized spacial score (nSPS) is 18.7. The largest absolute Gasteiger partial charge is 0.346 e. The summed E-state index contributed by atoms with van der Waals surface area (Å²) in [5.74, 6) is 0.917. The van der Waals surface area contributed by atoms with Gasteiger partial charge in [-0.05, 0) is 32.6 Å². The van der Waals surface area contributed by atoms with Crippen LogP contribution in [0, 0.1) is 0 Å². The Morgan fingerprint density at radius 2 is 2.19 bits per heavy atom. The number of nitrogens with one attached hydrogen (secondary N) is 1. The number of nitrogens with zero attached hydrogens (tertiary/aromatic N) is 4. The molecule has 1 amide bonds. The Kier molecular flexibility index (Phi) is 5.06. The van der Waals surface area contributed by atoms with Crippen LogP contribution in [0.5, 0.6) is 0 Å². The van der Waals surface area contributed by atoms with E-state index in [1.807, 2.05) is 17.8 Å². The Morgan fingerprint density at radius 1 is 1.27 bits per heavy atom. The van der Waals surface area contributed by atoms with Gasteiger partial charge in [0, 0.05) is 49.9 Å². The molecule has 6 nitrogen and oxygen atoms in total. The number of thiazole rings is 1. The molecule has 1 unspecified atom stereocenters. The van der Waals surface area contributed by atoms with Crippen LogP contribution in [-0.4, -0.2) is 39.6 Å². The molecule has 2 aliphatic rings. The summed E-state index contributed by atoms with van der Waals surface area (Å²) in [6.07, 6.45) is 11.6. The SMILES string of the molecule is CC(NC(=O)c1cn2c(n1)CCN(c1nccs1)CC2)C1=CCCCC1. The van der Waals surface area contributed by atoms with E-state index < -0.39 is 0 Å². The van der Waals surface area contributed by atoms with Gasteiger partial charge in [0.2, 0.25) is 0 Å². The first-order valence-electron chi connectivity index (χ1n) is 9.41. The third kappa shape index (κ3) is 3.67. The predicted molar refractivity (Wildman–Crippen MR) is 104 cm³/mol. The van der Waals surface area contributed by atoms with Gasteiger partial charge in [-0.15, -0.1) is 11.3 Å². The van der Waals surface area contributed by atoms with Gasteiger partial charge in [0.15, 0.2) is 5.13 Å². The molecule has 1 atom stereocenters. The molecule has 1 N–H and O–H groups in total. The lowest BCUT2D eigenvalue weighted by Gasteiger charge is -2.20. The summed E-state index contributed by atoms with van der Waals surface area (Å²) in [5, 5.41) is 6.18. The molecular weight excluding hydrogens is 346 g/mol. The zero-order chi connectivity index (χ0) is 17.9. The number of anilines is 1. The molecule has 0 fully saturated rings. The average molecular weight is 372 g/mol. The summed E-state index contributed by atoms with van der Waals surface area (Å²) in [7, 11) is 0. The lowest BCUT2D eigenvalue weighted by molar-refractivity contribution is 0.0939. The van der Waals surface area contributed by atoms with Crippen molar-refractivity contribution in [3.63, 3.8) is 0 Å². The van der Waals surface area contributed by atoms with Crippen molar-refractivity contribution in [2.75, 3.05) is 18.0 Å². The standard InChI is InChI=1S/C19H25N5OS/c1-14(15-5-3-2-4-6-15)21-18(25)16-13-24-11-10-23(9-7-17(24)22-16)19-20-8-12-26-19/h5,8,12-14H,2-4,6-7,9-11H2,1H3,(H,21,25). The molecule has 2 aromatic heterocycles. The zero-order valence-electron chi connectivity index (χ0n) is 15.1. The maximum absolute atomic E-state index is 12.6. The highest BCUT2D eigenvalue weighted by Crippen LogP contribution is 2.22. The van der Waals surface area contributed by atoms with Crippen molar-refractivity contribution in [2.45, 2.75) is 51.6 Å². The van der Waals surface area contributed by atoms with Crippen molar-refractivity contribution in [1.82, 2.24) is 19.9 Å². The first-order valence-corrected chi connectivity index (χ1v) is 10.3. The highest BCUT2D eigenvalue weighted by atomic mass is 32.1. The topological polar surface area (TPSA) is 63.1 Å². The lowest BCUT2D eigenvalue weighted by Crippen LogP contribution is -2.34. The van der Waals surface area contributed by atoms with Crippen molar-refractivity contribution in [1.29, 1.82) is 0 Å². The number of allylic oxidation sites excluding steroid dienone is 1. The molecule has 0 radical (unpaired) electrons. The van der Waals surface area contributed by atoms with Gasteiger partial charge in [-0.2, -0.15) is 0 Å². The van der Waals surface area contributed by atoms with Crippen LogP contribution < -0.4 is 10.2 Å². The number of rotatable bonds is 4. The van der Waals surface area contributed by atoms with Crippen LogP contribution in [0.3, 0.4) is 0 Å². The first-order chi connectivity index (χ1) is 12.7. The van der Waals surface area contributed by atoms with E-state index >= 15 is 0 Å². The Labute approximate surface area is 158 Å². The lowest BCUT2D eigenvalue weighted by atomic mass is 9.95. The number of carbonyl (C=O) groups excluding carboxylic acids is 1. The molecule has 138 valence electrons. The highest BCUT2D eigenvalue weighted by molar-refractivity contribution is 7.13. The van der Waals surface area contributed by atoms with Crippen LogP contribution in [0.1, 0.15) is 48.9 Å². The molecule has 3 heterocycles. The molecule has 0 aromatic carbocycles. The summed E-state index contributed by atoms with van der Waals surface area (Å²) in [4.78, 5) is 23.9. The summed E-state index contributed by atoms with van der Waals surface area (Å²) in [6.45, 7) is 4.67. The van der Waals surface area contributed by atoms with E-state index in [2.05, 4.69) is 37.8 Å². The smallest absolute Gasteiger partial charge is 0.271 e. The van der Waals surface area contributed by atoms with Crippen LogP contribution >= 0.6 is 11.3 Å². The minimum Gasteiger partial charge on any atom is -0.346 e. The van der Waals surface area contributed by atoms with E-state index in [0.29, 0.717) is 5.69 Å². The van der Waals surface area contributed by atoms with Crippen molar-refractivity contribution < 1.29 is 4.79 Å². The molecule has 0 saturated heterocycles. The van der Waals surface area contributed by atoms with E-state index in [1.165, 1.54) is 18.4 Å². The van der Waals surface area contributed by atoms with E-state index in [9.17, 15) is 4.79 Å². The van der Waals surface area contributed by atoms with E-state index in [4.69, 9.17) is 0 Å². The third-order valence-electron chi connectivity index (χ3n) is 5.23. The van der Waals surface area contributed by atoms with Crippen molar-refractivity contribution in [2.24, 2.45) is 0 Å². The second kappa shape index (κ2) is 7.61. The fourth-order valence-corrected chi connectivity index (χ4v) is 4.41. The Hall–Kier alpha value is -2.15. The van der Waals surface area contributed by atoms with E-state index in [-0.39, 0.29) is 11.9 Å². The van der Waals surface area contributed by atoms with Crippen LogP contribution in [0.15, 0.2) is 29.4 Å². The number of fused-ring (bicyclic) bond motifs is 1. The summed E-state index contributed by atoms with van der Waals surface area (Å²) < 4.78 is 2.12. The monoisotopic (exact) mass is 371 g/mol. The number of carbonyl (C=O) groups is 1. The molecule has 26 heavy (non-hydrogen) atoms. The second-order valence-corrected chi connectivity index (χ2v) is 7.88. The van der Waals surface area contributed by atoms with Gasteiger partial charge in [-0.25, -0.2) is 9.97 Å². The third-order valence-corrected chi connectivity index (χ3v) is 6.06. The van der Waals surface area contributed by atoms with E-state index in [1.54, 1.807) is 11.3 Å². The first kappa shape index (κ1) is 17.3. The number of imidazole rings is 1. The molecule has 0 bridgehead atoms. The Morgan fingerprint density at radius 3 is 2.96 bits per heavy atom. The Bertz CT molecular complexity index is 769. The number of hydrogen-bond donors (Lipinski definition) is 1. The number of amides is 1. The molecular formula is C19H25N5OS. The number of hydrogen-bond acceptors (Lipinski definition) is 5. The van der Waals surface area contributed by atoms with Crippen molar-refractivity contribution in [3.05, 3.63) is 40.9 Å². The van der Waals surface area contributed by atoms with Crippen LogP contribution in [0.25, 0.3) is 0 Å². The molecule has 4 rings (SSSR count). The van der Waals surface area contributed by atoms with Gasteiger partial charge in [-0.3, -0.25) is 4.79 Å². The van der Waals surface area contributed by atoms with Gasteiger partial charge >= 0.3 is 0 Å². The summed E-state index contributed by atoms with van der Waals surface area (Å²) in [5.41, 5.74) is 1.88. The van der Waals surface area contributed by atoms with Gasteiger partial charge in [0.1, 0.15) is 11.5 Å². The van der Waals surface area contributed by atoms with E-state index in [0.717, 1.165) is 49.9 Å². The highest BCUT2D eigenvalue weighted by Gasteiger charge is 2.21. The molecule has 7 heteroatoms. The molecule has 1 aliphatic heterocycles. The zero-order valence-corrected chi connectivity index (χ0v) is 16.0. The molecule has 2 aromatic rings. The Balaban J connectivity index is 1.40. The summed E-state index contributed by atoms with van der Waals surface area (Å²) in [6, 6.07) is 0.0877. The van der Waals surface area contributed by atoms with Crippen molar-refractivity contribution in [3.8, 4) is 0 Å². The fraction of sp³-hybridized carbons (Fsp3) is 0.526. The second-order valence-electron chi connectivity index (χ2n) is 7.01.